The molecule has 0 atom stereocenters. The second kappa shape index (κ2) is 4.94. The van der Waals surface area contributed by atoms with Crippen LogP contribution in [0.4, 0.5) is 0 Å². The second-order valence-electron chi connectivity index (χ2n) is 5.16. The molecule has 0 N–H and O–H groups in total. The van der Waals surface area contributed by atoms with Crippen LogP contribution in [-0.4, -0.2) is 17.2 Å². The predicted molar refractivity (Wildman–Crippen MR) is 67.7 cm³/mol. The molecule has 0 aliphatic heterocycles. The van der Waals surface area contributed by atoms with E-state index in [9.17, 15) is 0 Å². The number of nitrogens with zero attached hydrogens (tertiary/aromatic N) is 1. The Balaban J connectivity index is 2.31. The summed E-state index contributed by atoms with van der Waals surface area (Å²) in [5.74, 6) is 2.02. The van der Waals surface area contributed by atoms with Crippen molar-refractivity contribution in [3.63, 3.8) is 0 Å². The molecule has 0 bridgehead atoms. The van der Waals surface area contributed by atoms with Gasteiger partial charge in [0.05, 0.1) is 17.9 Å². The molecule has 2 rings (SSSR count). The van der Waals surface area contributed by atoms with Gasteiger partial charge in [0.25, 0.3) is 0 Å². The molecule has 17 heavy (non-hydrogen) atoms. The van der Waals surface area contributed by atoms with E-state index < -0.39 is 0 Å². The van der Waals surface area contributed by atoms with Crippen molar-refractivity contribution in [2.75, 3.05) is 0 Å². The first-order chi connectivity index (χ1) is 8.08. The molecule has 94 valence electrons. The quantitative estimate of drug-likeness (QED) is 0.782. The van der Waals surface area contributed by atoms with Gasteiger partial charge in [0.15, 0.2) is 11.5 Å². The van der Waals surface area contributed by atoms with Crippen molar-refractivity contribution in [3.8, 4) is 11.5 Å². The summed E-state index contributed by atoms with van der Waals surface area (Å²) in [6.07, 6.45) is 4.61. The number of hydrogen-bond acceptors (Lipinski definition) is 3. The van der Waals surface area contributed by atoms with Crippen LogP contribution in [-0.2, 0) is 0 Å². The van der Waals surface area contributed by atoms with Crippen molar-refractivity contribution in [3.05, 3.63) is 18.0 Å². The molecule has 0 unspecified atom stereocenters. The molecule has 1 fully saturated rings. The van der Waals surface area contributed by atoms with Gasteiger partial charge in [-0.25, -0.2) is 0 Å². The Labute approximate surface area is 103 Å². The number of aromatic nitrogens is 1. The smallest absolute Gasteiger partial charge is 0.183 e. The summed E-state index contributed by atoms with van der Waals surface area (Å²) in [5.41, 5.74) is 0.995. The van der Waals surface area contributed by atoms with Crippen molar-refractivity contribution in [2.24, 2.45) is 0 Å². The fourth-order valence-corrected chi connectivity index (χ4v) is 1.67. The van der Waals surface area contributed by atoms with Crippen LogP contribution in [0.15, 0.2) is 12.3 Å². The summed E-state index contributed by atoms with van der Waals surface area (Å²) >= 11 is 0. The van der Waals surface area contributed by atoms with Crippen LogP contribution in [0.25, 0.3) is 0 Å². The zero-order valence-corrected chi connectivity index (χ0v) is 11.1. The Morgan fingerprint density at radius 1 is 1.24 bits per heavy atom. The third-order valence-electron chi connectivity index (χ3n) is 2.61. The van der Waals surface area contributed by atoms with Crippen molar-refractivity contribution < 1.29 is 9.47 Å². The first-order valence-corrected chi connectivity index (χ1v) is 6.40. The topological polar surface area (TPSA) is 31.4 Å². The van der Waals surface area contributed by atoms with Crippen LogP contribution in [0.1, 0.15) is 52.1 Å². The van der Waals surface area contributed by atoms with Crippen LogP contribution in [0.2, 0.25) is 0 Å². The summed E-state index contributed by atoms with van der Waals surface area (Å²) in [7, 11) is 0. The summed E-state index contributed by atoms with van der Waals surface area (Å²) in [5, 5.41) is 0. The summed E-state index contributed by atoms with van der Waals surface area (Å²) < 4.78 is 11.8. The molecule has 1 aliphatic rings. The van der Waals surface area contributed by atoms with Crippen LogP contribution >= 0.6 is 0 Å². The van der Waals surface area contributed by atoms with E-state index in [1.54, 1.807) is 6.20 Å². The van der Waals surface area contributed by atoms with Gasteiger partial charge in [-0.05, 0) is 32.6 Å². The SMILES string of the molecule is CC(C)Oc1ccnc(C(C)C)c1OC1CC1. The Bertz CT molecular complexity index is 384. The summed E-state index contributed by atoms with van der Waals surface area (Å²) in [6.45, 7) is 8.30. The van der Waals surface area contributed by atoms with E-state index in [2.05, 4.69) is 18.8 Å². The largest absolute Gasteiger partial charge is 0.487 e. The van der Waals surface area contributed by atoms with Crippen LogP contribution < -0.4 is 9.47 Å². The molecular formula is C14H21NO2. The monoisotopic (exact) mass is 235 g/mol. The molecule has 0 spiro atoms. The maximum Gasteiger partial charge on any atom is 0.183 e. The van der Waals surface area contributed by atoms with Crippen LogP contribution in [0, 0.1) is 0 Å². The third-order valence-corrected chi connectivity index (χ3v) is 2.61. The van der Waals surface area contributed by atoms with Gasteiger partial charge in [0, 0.05) is 12.3 Å². The molecule has 3 nitrogen and oxygen atoms in total. The molecule has 1 heterocycles. The standard InChI is InChI=1S/C14H21NO2/c1-9(2)13-14(17-11-5-6-11)12(7-8-15-13)16-10(3)4/h7-11H,5-6H2,1-4H3. The number of rotatable bonds is 5. The van der Waals surface area contributed by atoms with E-state index in [0.29, 0.717) is 12.0 Å². The van der Waals surface area contributed by atoms with E-state index in [1.165, 1.54) is 0 Å². The maximum atomic E-state index is 5.96. The van der Waals surface area contributed by atoms with Crippen molar-refractivity contribution in [1.82, 2.24) is 4.98 Å². The molecule has 0 amide bonds. The van der Waals surface area contributed by atoms with Crippen molar-refractivity contribution in [2.45, 2.75) is 58.7 Å². The minimum atomic E-state index is 0.152. The summed E-state index contributed by atoms with van der Waals surface area (Å²) in [6, 6.07) is 1.89. The van der Waals surface area contributed by atoms with E-state index in [0.717, 1.165) is 30.0 Å². The maximum absolute atomic E-state index is 5.96. The first-order valence-electron chi connectivity index (χ1n) is 6.40. The molecule has 1 aromatic heterocycles. The Morgan fingerprint density at radius 3 is 2.47 bits per heavy atom. The van der Waals surface area contributed by atoms with Gasteiger partial charge in [-0.15, -0.1) is 0 Å². The Hall–Kier alpha value is -1.25. The summed E-state index contributed by atoms with van der Waals surface area (Å²) in [4.78, 5) is 4.42. The lowest BCUT2D eigenvalue weighted by Crippen LogP contribution is -2.10. The van der Waals surface area contributed by atoms with Gasteiger partial charge in [0.1, 0.15) is 0 Å². The fourth-order valence-electron chi connectivity index (χ4n) is 1.67. The number of pyridine rings is 1. The molecule has 0 aromatic carbocycles. The van der Waals surface area contributed by atoms with Gasteiger partial charge in [0.2, 0.25) is 0 Å². The van der Waals surface area contributed by atoms with Crippen LogP contribution in [0.5, 0.6) is 11.5 Å². The predicted octanol–water partition coefficient (Wildman–Crippen LogP) is 3.53. The fraction of sp³-hybridized carbons (Fsp3) is 0.643. The molecular weight excluding hydrogens is 214 g/mol. The highest BCUT2D eigenvalue weighted by Crippen LogP contribution is 2.38. The average Bonchev–Trinajstić information content (AvgIpc) is 3.03. The zero-order chi connectivity index (χ0) is 12.4. The molecule has 3 heteroatoms. The number of ether oxygens (including phenoxy) is 2. The van der Waals surface area contributed by atoms with Crippen LogP contribution in [0.3, 0.4) is 0 Å². The van der Waals surface area contributed by atoms with Crippen molar-refractivity contribution in [1.29, 1.82) is 0 Å². The zero-order valence-electron chi connectivity index (χ0n) is 11.1. The lowest BCUT2D eigenvalue weighted by molar-refractivity contribution is 0.215. The normalized spacial score (nSPS) is 15.4. The Kier molecular flexibility index (Phi) is 3.55. The van der Waals surface area contributed by atoms with E-state index in [4.69, 9.17) is 9.47 Å². The highest BCUT2D eigenvalue weighted by Gasteiger charge is 2.27. The van der Waals surface area contributed by atoms with Crippen molar-refractivity contribution >= 4 is 0 Å². The highest BCUT2D eigenvalue weighted by atomic mass is 16.5. The highest BCUT2D eigenvalue weighted by molar-refractivity contribution is 5.44. The minimum absolute atomic E-state index is 0.152. The second-order valence-corrected chi connectivity index (χ2v) is 5.16. The Morgan fingerprint density at radius 2 is 1.94 bits per heavy atom. The van der Waals surface area contributed by atoms with E-state index in [-0.39, 0.29) is 6.10 Å². The molecule has 1 aromatic rings. The lowest BCUT2D eigenvalue weighted by Gasteiger charge is -2.18. The molecule has 0 saturated heterocycles. The van der Waals surface area contributed by atoms with Gasteiger partial charge in [-0.3, -0.25) is 4.98 Å². The van der Waals surface area contributed by atoms with Gasteiger partial charge < -0.3 is 9.47 Å². The van der Waals surface area contributed by atoms with E-state index in [1.807, 2.05) is 19.9 Å². The average molecular weight is 235 g/mol. The van der Waals surface area contributed by atoms with E-state index >= 15 is 0 Å². The third kappa shape index (κ3) is 3.11. The molecule has 0 radical (unpaired) electrons. The minimum Gasteiger partial charge on any atom is -0.487 e. The lowest BCUT2D eigenvalue weighted by atomic mass is 10.1. The molecule has 1 saturated carbocycles. The van der Waals surface area contributed by atoms with Gasteiger partial charge in [-0.2, -0.15) is 0 Å². The first kappa shape index (κ1) is 12.2. The number of hydrogen-bond donors (Lipinski definition) is 0. The van der Waals surface area contributed by atoms with Gasteiger partial charge in [-0.1, -0.05) is 13.8 Å². The van der Waals surface area contributed by atoms with Gasteiger partial charge >= 0.3 is 0 Å². The molecule has 1 aliphatic carbocycles.